The Morgan fingerprint density at radius 3 is 2.59 bits per heavy atom. The number of alkyl halides is 1. The first-order valence-corrected chi connectivity index (χ1v) is 14.8. The molecule has 182 valence electrons. The highest BCUT2D eigenvalue weighted by Gasteiger charge is 2.59. The smallest absolute Gasteiger partial charge is 0.316 e. The van der Waals surface area contributed by atoms with Gasteiger partial charge in [0, 0.05) is 6.42 Å². The van der Waals surface area contributed by atoms with Gasteiger partial charge >= 0.3 is 5.97 Å². The monoisotopic (exact) mass is 506 g/mol. The molecule has 0 amide bonds. The molecule has 0 heterocycles. The minimum atomic E-state index is -0.110. The minimum Gasteiger partial charge on any atom is -0.461 e. The van der Waals surface area contributed by atoms with Crippen LogP contribution in [0.3, 0.4) is 0 Å². The number of fused-ring (bicyclic) bond motifs is 5. The maximum absolute atomic E-state index is 11.8. The molecule has 0 aromatic heterocycles. The van der Waals surface area contributed by atoms with Crippen LogP contribution in [0.25, 0.3) is 0 Å². The third kappa shape index (κ3) is 4.50. The number of carbonyl (C=O) groups excluding carboxylic acids is 1. The van der Waals surface area contributed by atoms with E-state index in [9.17, 15) is 4.79 Å². The van der Waals surface area contributed by atoms with E-state index in [2.05, 4.69) is 56.6 Å². The van der Waals surface area contributed by atoms with Crippen LogP contribution in [0.4, 0.5) is 0 Å². The van der Waals surface area contributed by atoms with Gasteiger partial charge < -0.3 is 4.74 Å². The fraction of sp³-hybridized carbons (Fsp3) is 0.897. The van der Waals surface area contributed by atoms with Crippen LogP contribution in [0.1, 0.15) is 105 Å². The lowest BCUT2D eigenvalue weighted by molar-refractivity contribution is -0.148. The molecule has 32 heavy (non-hydrogen) atoms. The van der Waals surface area contributed by atoms with E-state index in [0.29, 0.717) is 16.2 Å². The Bertz CT molecular complexity index is 714. The third-order valence-electron chi connectivity index (χ3n) is 10.7. The summed E-state index contributed by atoms with van der Waals surface area (Å²) in [6.07, 6.45) is 17.1. The van der Waals surface area contributed by atoms with E-state index >= 15 is 0 Å². The van der Waals surface area contributed by atoms with Crippen LogP contribution < -0.4 is 0 Å². The van der Waals surface area contributed by atoms with Crippen molar-refractivity contribution in [1.82, 2.24) is 0 Å². The summed E-state index contributed by atoms with van der Waals surface area (Å²) in [6, 6.07) is 0. The molecule has 0 aromatic rings. The van der Waals surface area contributed by atoms with E-state index in [1.807, 2.05) is 0 Å². The molecular weight excluding hydrogens is 460 g/mol. The molecule has 4 rings (SSSR count). The van der Waals surface area contributed by atoms with Crippen molar-refractivity contribution in [2.24, 2.45) is 46.3 Å². The third-order valence-corrected chi connectivity index (χ3v) is 11.1. The largest absolute Gasteiger partial charge is 0.461 e. The average Bonchev–Trinajstić information content (AvgIpc) is 3.11. The maximum atomic E-state index is 11.8. The molecule has 8 atom stereocenters. The fourth-order valence-corrected chi connectivity index (χ4v) is 9.10. The van der Waals surface area contributed by atoms with Crippen LogP contribution in [-0.4, -0.2) is 17.4 Å². The first-order chi connectivity index (χ1) is 15.2. The molecule has 3 heteroatoms. The molecule has 0 N–H and O–H groups in total. The number of carbonyl (C=O) groups is 1. The Morgan fingerprint density at radius 2 is 1.88 bits per heavy atom. The molecule has 0 spiro atoms. The number of esters is 1. The Hall–Kier alpha value is -0.310. The van der Waals surface area contributed by atoms with Crippen LogP contribution in [0.5, 0.6) is 0 Å². The molecule has 0 unspecified atom stereocenters. The second kappa shape index (κ2) is 9.74. The SMILES string of the molecule is CC(C)CCC[C@@H](C)[C@H]1CC[C@H]2[C@@H]3CC=C4C[C@@H](OC(=O)CBr)CC[C@]4(C)[C@H]3CC[C@]12C. The van der Waals surface area contributed by atoms with Gasteiger partial charge in [0.25, 0.3) is 0 Å². The van der Waals surface area contributed by atoms with Crippen LogP contribution in [0, 0.1) is 46.3 Å². The van der Waals surface area contributed by atoms with Crippen LogP contribution in [-0.2, 0) is 9.53 Å². The average molecular weight is 508 g/mol. The summed E-state index contributed by atoms with van der Waals surface area (Å²) < 4.78 is 5.72. The van der Waals surface area contributed by atoms with Gasteiger partial charge in [-0.3, -0.25) is 4.79 Å². The van der Waals surface area contributed by atoms with E-state index in [0.717, 1.165) is 48.3 Å². The molecule has 4 aliphatic rings. The van der Waals surface area contributed by atoms with Gasteiger partial charge in [-0.05, 0) is 91.3 Å². The number of hydrogen-bond donors (Lipinski definition) is 0. The standard InChI is InChI=1S/C29H47BrO2/c1-19(2)7-6-8-20(3)24-11-12-25-23-10-9-21-17-22(32-27(31)18-30)13-15-28(21,4)26(23)14-16-29(24,25)5/h9,19-20,22-26H,6-8,10-18H2,1-5H3/t20-,22+,23+,24-,25+,26+,28+,29-/m1/s1. The van der Waals surface area contributed by atoms with Crippen molar-refractivity contribution in [2.75, 3.05) is 5.33 Å². The zero-order valence-electron chi connectivity index (χ0n) is 21.3. The summed E-state index contributed by atoms with van der Waals surface area (Å²) in [4.78, 5) is 11.8. The van der Waals surface area contributed by atoms with Gasteiger partial charge in [-0.2, -0.15) is 0 Å². The summed E-state index contributed by atoms with van der Waals surface area (Å²) in [5.41, 5.74) is 2.50. The fourth-order valence-electron chi connectivity index (χ4n) is 8.97. The number of halogens is 1. The number of rotatable bonds is 7. The quantitative estimate of drug-likeness (QED) is 0.197. The van der Waals surface area contributed by atoms with E-state index in [1.165, 1.54) is 57.8 Å². The van der Waals surface area contributed by atoms with E-state index in [-0.39, 0.29) is 12.1 Å². The zero-order valence-corrected chi connectivity index (χ0v) is 22.9. The van der Waals surface area contributed by atoms with Gasteiger partial charge in [0.05, 0.1) is 0 Å². The topological polar surface area (TPSA) is 26.3 Å². The molecule has 0 bridgehead atoms. The summed E-state index contributed by atoms with van der Waals surface area (Å²) >= 11 is 3.24. The Balaban J connectivity index is 1.45. The zero-order chi connectivity index (χ0) is 23.1. The van der Waals surface area contributed by atoms with Gasteiger partial charge in [-0.1, -0.05) is 81.5 Å². The predicted octanol–water partition coefficient (Wildman–Crippen LogP) is 8.33. The predicted molar refractivity (Wildman–Crippen MR) is 137 cm³/mol. The van der Waals surface area contributed by atoms with Gasteiger partial charge in [0.15, 0.2) is 0 Å². The molecular formula is C29H47BrO2. The van der Waals surface area contributed by atoms with Crippen molar-refractivity contribution in [2.45, 2.75) is 111 Å². The van der Waals surface area contributed by atoms with Gasteiger partial charge in [-0.25, -0.2) is 0 Å². The maximum Gasteiger partial charge on any atom is 0.316 e. The van der Waals surface area contributed by atoms with E-state index < -0.39 is 0 Å². The lowest BCUT2D eigenvalue weighted by Crippen LogP contribution is -2.51. The highest BCUT2D eigenvalue weighted by atomic mass is 79.9. The lowest BCUT2D eigenvalue weighted by atomic mass is 9.47. The van der Waals surface area contributed by atoms with Crippen molar-refractivity contribution in [3.63, 3.8) is 0 Å². The summed E-state index contributed by atoms with van der Waals surface area (Å²) in [7, 11) is 0. The number of allylic oxidation sites excluding steroid dienone is 1. The second-order valence-electron chi connectivity index (χ2n) is 12.8. The first kappa shape index (κ1) is 24.8. The van der Waals surface area contributed by atoms with Gasteiger partial charge in [0.2, 0.25) is 0 Å². The number of ether oxygens (including phenoxy) is 1. The normalized spacial score (nSPS) is 42.0. The van der Waals surface area contributed by atoms with Crippen molar-refractivity contribution in [3.8, 4) is 0 Å². The summed E-state index contributed by atoms with van der Waals surface area (Å²) in [5, 5.41) is 0.307. The second-order valence-corrected chi connectivity index (χ2v) is 13.3. The Labute approximate surface area is 205 Å². The van der Waals surface area contributed by atoms with Crippen molar-refractivity contribution in [1.29, 1.82) is 0 Å². The molecule has 2 nitrogen and oxygen atoms in total. The molecule has 3 saturated carbocycles. The minimum absolute atomic E-state index is 0.0901. The van der Waals surface area contributed by atoms with Crippen LogP contribution in [0.15, 0.2) is 11.6 Å². The molecule has 4 aliphatic carbocycles. The highest BCUT2D eigenvalue weighted by Crippen LogP contribution is 2.67. The van der Waals surface area contributed by atoms with Crippen LogP contribution in [0.2, 0.25) is 0 Å². The Kier molecular flexibility index (Phi) is 7.55. The van der Waals surface area contributed by atoms with Crippen molar-refractivity contribution in [3.05, 3.63) is 11.6 Å². The van der Waals surface area contributed by atoms with Crippen molar-refractivity contribution >= 4 is 21.9 Å². The Morgan fingerprint density at radius 1 is 1.09 bits per heavy atom. The summed E-state index contributed by atoms with van der Waals surface area (Å²) in [6.45, 7) is 12.5. The molecule has 3 fully saturated rings. The molecule has 0 aromatic carbocycles. The van der Waals surface area contributed by atoms with E-state index in [4.69, 9.17) is 4.74 Å². The van der Waals surface area contributed by atoms with E-state index in [1.54, 1.807) is 5.57 Å². The number of hydrogen-bond acceptors (Lipinski definition) is 2. The highest BCUT2D eigenvalue weighted by molar-refractivity contribution is 9.09. The summed E-state index contributed by atoms with van der Waals surface area (Å²) in [5.74, 6) is 5.16. The molecule has 0 aliphatic heterocycles. The van der Waals surface area contributed by atoms with Crippen molar-refractivity contribution < 1.29 is 9.53 Å². The first-order valence-electron chi connectivity index (χ1n) is 13.6. The molecule has 0 saturated heterocycles. The van der Waals surface area contributed by atoms with Crippen LogP contribution >= 0.6 is 15.9 Å². The van der Waals surface area contributed by atoms with Gasteiger partial charge in [-0.15, -0.1) is 0 Å². The lowest BCUT2D eigenvalue weighted by Gasteiger charge is -2.58. The van der Waals surface area contributed by atoms with Gasteiger partial charge in [0.1, 0.15) is 11.4 Å². The molecule has 0 radical (unpaired) electrons.